The molecule has 102 valence electrons. The molecule has 1 aromatic heterocycles. The monoisotopic (exact) mass is 259 g/mol. The average molecular weight is 259 g/mol. The van der Waals surface area contributed by atoms with Crippen molar-refractivity contribution in [3.8, 4) is 5.75 Å². The van der Waals surface area contributed by atoms with Crippen LogP contribution in [0.15, 0.2) is 36.7 Å². The van der Waals surface area contributed by atoms with Crippen LogP contribution in [0.1, 0.15) is 37.1 Å². The SMILES string of the molecule is COc1ccc([C@@H](C)NC(C)c2cnn(C)c2)cc1. The molecule has 1 N–H and O–H groups in total. The molecule has 1 heterocycles. The number of ether oxygens (including phenoxy) is 1. The second kappa shape index (κ2) is 5.89. The van der Waals surface area contributed by atoms with Gasteiger partial charge in [0, 0.05) is 30.9 Å². The summed E-state index contributed by atoms with van der Waals surface area (Å²) in [6, 6.07) is 8.70. The standard InChI is InChI=1S/C15H21N3O/c1-11(13-5-7-15(19-4)8-6-13)17-12(2)14-9-16-18(3)10-14/h5-12,17H,1-4H3/t11-,12?/m1/s1. The number of hydrogen-bond acceptors (Lipinski definition) is 3. The fraction of sp³-hybridized carbons (Fsp3) is 0.400. The number of rotatable bonds is 5. The summed E-state index contributed by atoms with van der Waals surface area (Å²) < 4.78 is 7.00. The summed E-state index contributed by atoms with van der Waals surface area (Å²) in [7, 11) is 3.62. The van der Waals surface area contributed by atoms with Crippen molar-refractivity contribution in [2.75, 3.05) is 7.11 Å². The highest BCUT2D eigenvalue weighted by molar-refractivity contribution is 5.29. The largest absolute Gasteiger partial charge is 0.497 e. The summed E-state index contributed by atoms with van der Waals surface area (Å²) >= 11 is 0. The van der Waals surface area contributed by atoms with Gasteiger partial charge in [-0.1, -0.05) is 12.1 Å². The van der Waals surface area contributed by atoms with E-state index in [0.29, 0.717) is 0 Å². The van der Waals surface area contributed by atoms with E-state index < -0.39 is 0 Å². The minimum atomic E-state index is 0.269. The molecule has 0 radical (unpaired) electrons. The number of aryl methyl sites for hydroxylation is 1. The fourth-order valence-electron chi connectivity index (χ4n) is 2.12. The highest BCUT2D eigenvalue weighted by Crippen LogP contribution is 2.21. The number of benzene rings is 1. The van der Waals surface area contributed by atoms with Gasteiger partial charge in [0.2, 0.25) is 0 Å². The third kappa shape index (κ3) is 3.35. The first-order chi connectivity index (χ1) is 9.10. The lowest BCUT2D eigenvalue weighted by atomic mass is 10.1. The zero-order valence-electron chi connectivity index (χ0n) is 11.9. The molecule has 1 unspecified atom stereocenters. The number of methoxy groups -OCH3 is 1. The van der Waals surface area contributed by atoms with Gasteiger partial charge in [0.25, 0.3) is 0 Å². The molecule has 0 saturated heterocycles. The molecule has 19 heavy (non-hydrogen) atoms. The molecule has 1 aromatic carbocycles. The maximum atomic E-state index is 5.17. The molecule has 0 spiro atoms. The molecular formula is C15H21N3O. The number of aromatic nitrogens is 2. The van der Waals surface area contributed by atoms with Crippen LogP contribution in [0, 0.1) is 0 Å². The maximum absolute atomic E-state index is 5.17. The van der Waals surface area contributed by atoms with E-state index in [-0.39, 0.29) is 12.1 Å². The van der Waals surface area contributed by atoms with Gasteiger partial charge in [0.15, 0.2) is 0 Å². The van der Waals surface area contributed by atoms with E-state index >= 15 is 0 Å². The summed E-state index contributed by atoms with van der Waals surface area (Å²) in [5, 5.41) is 7.77. The van der Waals surface area contributed by atoms with Crippen LogP contribution in [0.5, 0.6) is 5.75 Å². The molecule has 0 bridgehead atoms. The van der Waals surface area contributed by atoms with Gasteiger partial charge in [-0.05, 0) is 31.5 Å². The van der Waals surface area contributed by atoms with E-state index in [4.69, 9.17) is 4.74 Å². The van der Waals surface area contributed by atoms with Gasteiger partial charge in [-0.25, -0.2) is 0 Å². The summed E-state index contributed by atoms with van der Waals surface area (Å²) in [6.07, 6.45) is 3.94. The topological polar surface area (TPSA) is 39.1 Å². The molecule has 0 amide bonds. The van der Waals surface area contributed by atoms with Crippen molar-refractivity contribution in [3.63, 3.8) is 0 Å². The summed E-state index contributed by atoms with van der Waals surface area (Å²) in [5.74, 6) is 0.885. The Kier molecular flexibility index (Phi) is 4.22. The van der Waals surface area contributed by atoms with Gasteiger partial charge in [-0.15, -0.1) is 0 Å². The molecule has 2 atom stereocenters. The first kappa shape index (κ1) is 13.6. The Hall–Kier alpha value is -1.81. The van der Waals surface area contributed by atoms with E-state index in [1.165, 1.54) is 11.1 Å². The summed E-state index contributed by atoms with van der Waals surface area (Å²) in [5.41, 5.74) is 2.44. The van der Waals surface area contributed by atoms with Crippen LogP contribution in [0.4, 0.5) is 0 Å². The highest BCUT2D eigenvalue weighted by atomic mass is 16.5. The first-order valence-electron chi connectivity index (χ1n) is 6.48. The second-order valence-electron chi connectivity index (χ2n) is 4.83. The van der Waals surface area contributed by atoms with E-state index in [1.807, 2.05) is 36.3 Å². The summed E-state index contributed by atoms with van der Waals surface area (Å²) in [4.78, 5) is 0. The Morgan fingerprint density at radius 1 is 1.11 bits per heavy atom. The van der Waals surface area contributed by atoms with Gasteiger partial charge >= 0.3 is 0 Å². The van der Waals surface area contributed by atoms with Crippen molar-refractivity contribution in [2.24, 2.45) is 7.05 Å². The van der Waals surface area contributed by atoms with E-state index in [1.54, 1.807) is 7.11 Å². The van der Waals surface area contributed by atoms with Crippen LogP contribution in [-0.2, 0) is 7.05 Å². The molecule has 4 nitrogen and oxygen atoms in total. The Balaban J connectivity index is 2.01. The van der Waals surface area contributed by atoms with Crippen molar-refractivity contribution in [1.82, 2.24) is 15.1 Å². The fourth-order valence-corrected chi connectivity index (χ4v) is 2.12. The Bertz CT molecular complexity index is 518. The van der Waals surface area contributed by atoms with Crippen molar-refractivity contribution < 1.29 is 4.74 Å². The number of hydrogen-bond donors (Lipinski definition) is 1. The van der Waals surface area contributed by atoms with E-state index in [9.17, 15) is 0 Å². The molecule has 2 aromatic rings. The zero-order chi connectivity index (χ0) is 13.8. The normalized spacial score (nSPS) is 14.1. The van der Waals surface area contributed by atoms with Crippen LogP contribution in [-0.4, -0.2) is 16.9 Å². The van der Waals surface area contributed by atoms with Crippen LogP contribution < -0.4 is 10.1 Å². The molecule has 0 aliphatic rings. The first-order valence-corrected chi connectivity index (χ1v) is 6.48. The van der Waals surface area contributed by atoms with Gasteiger partial charge < -0.3 is 10.1 Å². The number of nitrogens with zero attached hydrogens (tertiary/aromatic N) is 2. The van der Waals surface area contributed by atoms with Crippen molar-refractivity contribution in [3.05, 3.63) is 47.8 Å². The minimum Gasteiger partial charge on any atom is -0.497 e. The zero-order valence-corrected chi connectivity index (χ0v) is 11.9. The third-order valence-corrected chi connectivity index (χ3v) is 3.34. The quantitative estimate of drug-likeness (QED) is 0.897. The van der Waals surface area contributed by atoms with Crippen LogP contribution in [0.25, 0.3) is 0 Å². The molecule has 0 saturated carbocycles. The minimum absolute atomic E-state index is 0.269. The lowest BCUT2D eigenvalue weighted by molar-refractivity contribution is 0.414. The second-order valence-corrected chi connectivity index (χ2v) is 4.83. The van der Waals surface area contributed by atoms with Gasteiger partial charge in [-0.2, -0.15) is 5.10 Å². The molecule has 4 heteroatoms. The highest BCUT2D eigenvalue weighted by Gasteiger charge is 2.12. The average Bonchev–Trinajstić information content (AvgIpc) is 2.85. The van der Waals surface area contributed by atoms with E-state index in [0.717, 1.165) is 5.75 Å². The number of nitrogens with one attached hydrogen (secondary N) is 1. The Labute approximate surface area is 114 Å². The molecular weight excluding hydrogens is 238 g/mol. The predicted molar refractivity (Wildman–Crippen MR) is 76.2 cm³/mol. The Morgan fingerprint density at radius 2 is 1.74 bits per heavy atom. The lowest BCUT2D eigenvalue weighted by Crippen LogP contribution is -2.22. The van der Waals surface area contributed by atoms with Crippen LogP contribution in [0.3, 0.4) is 0 Å². The summed E-state index contributed by atoms with van der Waals surface area (Å²) in [6.45, 7) is 4.31. The van der Waals surface area contributed by atoms with Crippen LogP contribution >= 0.6 is 0 Å². The predicted octanol–water partition coefficient (Wildman–Crippen LogP) is 2.84. The molecule has 2 rings (SSSR count). The maximum Gasteiger partial charge on any atom is 0.118 e. The van der Waals surface area contributed by atoms with Crippen molar-refractivity contribution >= 4 is 0 Å². The molecule has 0 fully saturated rings. The van der Waals surface area contributed by atoms with Crippen molar-refractivity contribution in [1.29, 1.82) is 0 Å². The molecule has 0 aliphatic carbocycles. The Morgan fingerprint density at radius 3 is 2.26 bits per heavy atom. The van der Waals surface area contributed by atoms with Gasteiger partial charge in [0.1, 0.15) is 5.75 Å². The lowest BCUT2D eigenvalue weighted by Gasteiger charge is -2.19. The smallest absolute Gasteiger partial charge is 0.118 e. The molecule has 0 aliphatic heterocycles. The van der Waals surface area contributed by atoms with Gasteiger partial charge in [-0.3, -0.25) is 4.68 Å². The van der Waals surface area contributed by atoms with E-state index in [2.05, 4.69) is 36.4 Å². The van der Waals surface area contributed by atoms with Crippen molar-refractivity contribution in [2.45, 2.75) is 25.9 Å². The third-order valence-electron chi connectivity index (χ3n) is 3.34. The van der Waals surface area contributed by atoms with Gasteiger partial charge in [0.05, 0.1) is 13.3 Å². The van der Waals surface area contributed by atoms with Crippen LogP contribution in [0.2, 0.25) is 0 Å².